The standard InChI is InChI=1S/C19H30N2O2/c1-15(2)17-14-20(13-16-9-7-6-8-10-16)11-12-21(17)18(22)23-19(3,4)5/h6-10,15,17H,11-14H2,1-5H3/t17-/m1/s1. The zero-order chi connectivity index (χ0) is 17.0. The molecule has 0 aliphatic carbocycles. The molecular formula is C19H30N2O2. The lowest BCUT2D eigenvalue weighted by molar-refractivity contribution is -0.0106. The molecule has 1 amide bonds. The molecule has 0 unspecified atom stereocenters. The molecule has 1 aliphatic rings. The number of amides is 1. The third kappa shape index (κ3) is 5.24. The molecule has 2 rings (SSSR count). The van der Waals surface area contributed by atoms with Crippen molar-refractivity contribution >= 4 is 6.09 Å². The maximum absolute atomic E-state index is 12.5. The third-order valence-corrected chi connectivity index (χ3v) is 4.15. The highest BCUT2D eigenvalue weighted by atomic mass is 16.6. The van der Waals surface area contributed by atoms with Gasteiger partial charge in [0.15, 0.2) is 0 Å². The summed E-state index contributed by atoms with van der Waals surface area (Å²) in [5.41, 5.74) is 0.875. The average molecular weight is 318 g/mol. The Kier molecular flexibility index (Phi) is 5.69. The lowest BCUT2D eigenvalue weighted by Gasteiger charge is -2.43. The van der Waals surface area contributed by atoms with Crippen molar-refractivity contribution in [3.63, 3.8) is 0 Å². The summed E-state index contributed by atoms with van der Waals surface area (Å²) in [5.74, 6) is 0.404. The minimum atomic E-state index is -0.445. The SMILES string of the molecule is CC(C)[C@H]1CN(Cc2ccccc2)CCN1C(=O)OC(C)(C)C. The quantitative estimate of drug-likeness (QED) is 0.850. The second kappa shape index (κ2) is 7.35. The van der Waals surface area contributed by atoms with Crippen molar-refractivity contribution in [2.24, 2.45) is 5.92 Å². The van der Waals surface area contributed by atoms with Crippen LogP contribution in [0.1, 0.15) is 40.2 Å². The summed E-state index contributed by atoms with van der Waals surface area (Å²) in [5, 5.41) is 0. The molecule has 23 heavy (non-hydrogen) atoms. The fourth-order valence-electron chi connectivity index (χ4n) is 2.97. The molecule has 1 saturated heterocycles. The number of rotatable bonds is 3. The monoisotopic (exact) mass is 318 g/mol. The van der Waals surface area contributed by atoms with E-state index >= 15 is 0 Å². The summed E-state index contributed by atoms with van der Waals surface area (Å²) in [4.78, 5) is 16.8. The Morgan fingerprint density at radius 2 is 1.87 bits per heavy atom. The van der Waals surface area contributed by atoms with Crippen molar-refractivity contribution in [1.29, 1.82) is 0 Å². The molecule has 1 aromatic rings. The lowest BCUT2D eigenvalue weighted by Crippen LogP contribution is -2.57. The van der Waals surface area contributed by atoms with Crippen LogP contribution < -0.4 is 0 Å². The maximum Gasteiger partial charge on any atom is 0.410 e. The van der Waals surface area contributed by atoms with Gasteiger partial charge in [0, 0.05) is 26.2 Å². The maximum atomic E-state index is 12.5. The van der Waals surface area contributed by atoms with E-state index in [1.165, 1.54) is 5.56 Å². The second-order valence-electron chi connectivity index (χ2n) is 7.71. The first-order valence-corrected chi connectivity index (χ1v) is 8.52. The van der Waals surface area contributed by atoms with Crippen LogP contribution in [-0.4, -0.2) is 47.2 Å². The summed E-state index contributed by atoms with van der Waals surface area (Å²) >= 11 is 0. The van der Waals surface area contributed by atoms with E-state index in [2.05, 4.69) is 43.0 Å². The van der Waals surface area contributed by atoms with Gasteiger partial charge >= 0.3 is 6.09 Å². The van der Waals surface area contributed by atoms with Crippen LogP contribution in [0.3, 0.4) is 0 Å². The van der Waals surface area contributed by atoms with Crippen molar-refractivity contribution in [2.45, 2.75) is 52.8 Å². The Hall–Kier alpha value is -1.55. The van der Waals surface area contributed by atoms with Gasteiger partial charge in [0.25, 0.3) is 0 Å². The molecule has 1 heterocycles. The van der Waals surface area contributed by atoms with Crippen molar-refractivity contribution in [3.8, 4) is 0 Å². The van der Waals surface area contributed by atoms with Gasteiger partial charge in [0.2, 0.25) is 0 Å². The van der Waals surface area contributed by atoms with Crippen LogP contribution in [0.5, 0.6) is 0 Å². The first kappa shape index (κ1) is 17.8. The van der Waals surface area contributed by atoms with Crippen LogP contribution in [0, 0.1) is 5.92 Å². The molecule has 1 atom stereocenters. The molecule has 0 radical (unpaired) electrons. The highest BCUT2D eigenvalue weighted by Crippen LogP contribution is 2.21. The molecule has 1 fully saturated rings. The van der Waals surface area contributed by atoms with E-state index in [1.807, 2.05) is 31.7 Å². The molecule has 128 valence electrons. The summed E-state index contributed by atoms with van der Waals surface area (Å²) in [6.45, 7) is 13.5. The van der Waals surface area contributed by atoms with E-state index in [4.69, 9.17) is 4.74 Å². The topological polar surface area (TPSA) is 32.8 Å². The smallest absolute Gasteiger partial charge is 0.410 e. The number of piperazine rings is 1. The zero-order valence-corrected chi connectivity index (χ0v) is 15.1. The lowest BCUT2D eigenvalue weighted by atomic mass is 9.99. The minimum absolute atomic E-state index is 0.185. The molecule has 0 spiro atoms. The number of nitrogens with zero attached hydrogens (tertiary/aromatic N) is 2. The molecule has 0 N–H and O–H groups in total. The van der Waals surface area contributed by atoms with E-state index in [0.717, 1.165) is 26.2 Å². The van der Waals surface area contributed by atoms with Crippen molar-refractivity contribution in [2.75, 3.05) is 19.6 Å². The Labute approximate surface area is 140 Å². The Morgan fingerprint density at radius 3 is 2.43 bits per heavy atom. The van der Waals surface area contributed by atoms with Crippen molar-refractivity contribution < 1.29 is 9.53 Å². The highest BCUT2D eigenvalue weighted by molar-refractivity contribution is 5.68. The molecule has 1 aliphatic heterocycles. The summed E-state index contributed by atoms with van der Waals surface area (Å²) < 4.78 is 5.58. The van der Waals surface area contributed by atoms with Crippen molar-refractivity contribution in [3.05, 3.63) is 35.9 Å². The largest absolute Gasteiger partial charge is 0.444 e. The van der Waals surface area contributed by atoms with E-state index in [9.17, 15) is 4.79 Å². The second-order valence-corrected chi connectivity index (χ2v) is 7.71. The van der Waals surface area contributed by atoms with Gasteiger partial charge in [0.1, 0.15) is 5.60 Å². The summed E-state index contributed by atoms with van der Waals surface area (Å²) in [7, 11) is 0. The van der Waals surface area contributed by atoms with E-state index < -0.39 is 5.60 Å². The average Bonchev–Trinajstić information content (AvgIpc) is 2.46. The Balaban J connectivity index is 2.01. The molecule has 4 nitrogen and oxygen atoms in total. The summed E-state index contributed by atoms with van der Waals surface area (Å²) in [6.07, 6.45) is -0.185. The molecular weight excluding hydrogens is 288 g/mol. The number of benzene rings is 1. The van der Waals surface area contributed by atoms with Gasteiger partial charge in [-0.15, -0.1) is 0 Å². The normalized spacial score (nSPS) is 19.9. The number of carbonyl (C=O) groups excluding carboxylic acids is 1. The van der Waals surface area contributed by atoms with Gasteiger partial charge in [-0.2, -0.15) is 0 Å². The van der Waals surface area contributed by atoms with Crippen LogP contribution >= 0.6 is 0 Å². The molecule has 0 saturated carbocycles. The number of hydrogen-bond acceptors (Lipinski definition) is 3. The highest BCUT2D eigenvalue weighted by Gasteiger charge is 2.34. The predicted octanol–water partition coefficient (Wildman–Crippen LogP) is 3.76. The van der Waals surface area contributed by atoms with Gasteiger partial charge in [-0.1, -0.05) is 44.2 Å². The first-order chi connectivity index (χ1) is 10.8. The van der Waals surface area contributed by atoms with Crippen LogP contribution in [0.2, 0.25) is 0 Å². The molecule has 0 bridgehead atoms. The Bertz CT molecular complexity index is 508. The molecule has 1 aromatic carbocycles. The number of carbonyl (C=O) groups is 1. The molecule has 4 heteroatoms. The Morgan fingerprint density at radius 1 is 1.22 bits per heavy atom. The first-order valence-electron chi connectivity index (χ1n) is 8.52. The van der Waals surface area contributed by atoms with Gasteiger partial charge in [0.05, 0.1) is 6.04 Å². The predicted molar refractivity (Wildman–Crippen MR) is 93.3 cm³/mol. The zero-order valence-electron chi connectivity index (χ0n) is 15.1. The van der Waals surface area contributed by atoms with Crippen LogP contribution in [-0.2, 0) is 11.3 Å². The number of hydrogen-bond donors (Lipinski definition) is 0. The van der Waals surface area contributed by atoms with Crippen LogP contribution in [0.4, 0.5) is 4.79 Å². The third-order valence-electron chi connectivity index (χ3n) is 4.15. The van der Waals surface area contributed by atoms with Crippen molar-refractivity contribution in [1.82, 2.24) is 9.80 Å². The van der Waals surface area contributed by atoms with Crippen LogP contribution in [0.25, 0.3) is 0 Å². The summed E-state index contributed by atoms with van der Waals surface area (Å²) in [6, 6.07) is 10.7. The minimum Gasteiger partial charge on any atom is -0.444 e. The van der Waals surface area contributed by atoms with Gasteiger partial charge in [-0.05, 0) is 32.3 Å². The van der Waals surface area contributed by atoms with E-state index in [0.29, 0.717) is 5.92 Å². The van der Waals surface area contributed by atoms with E-state index in [-0.39, 0.29) is 12.1 Å². The fraction of sp³-hybridized carbons (Fsp3) is 0.632. The van der Waals surface area contributed by atoms with Gasteiger partial charge in [-0.3, -0.25) is 4.90 Å². The molecule has 0 aromatic heterocycles. The fourth-order valence-corrected chi connectivity index (χ4v) is 2.97. The number of ether oxygens (including phenoxy) is 1. The van der Waals surface area contributed by atoms with Gasteiger partial charge < -0.3 is 9.64 Å². The van der Waals surface area contributed by atoms with E-state index in [1.54, 1.807) is 0 Å². The van der Waals surface area contributed by atoms with Crippen LogP contribution in [0.15, 0.2) is 30.3 Å². The van der Waals surface area contributed by atoms with Gasteiger partial charge in [-0.25, -0.2) is 4.79 Å².